The molecule has 1 unspecified atom stereocenters. The zero-order valence-corrected chi connectivity index (χ0v) is 16.1. The van der Waals surface area contributed by atoms with E-state index in [0.29, 0.717) is 17.4 Å². The van der Waals surface area contributed by atoms with Crippen LogP contribution in [0, 0.1) is 33.6 Å². The largest absolute Gasteiger partial charge is 0.507 e. The second kappa shape index (κ2) is 6.40. The van der Waals surface area contributed by atoms with Crippen LogP contribution in [0.3, 0.4) is 0 Å². The summed E-state index contributed by atoms with van der Waals surface area (Å²) in [4.78, 5) is 0. The van der Waals surface area contributed by atoms with Gasteiger partial charge in [-0.25, -0.2) is 0 Å². The van der Waals surface area contributed by atoms with Crippen molar-refractivity contribution >= 4 is 0 Å². The molecule has 2 N–H and O–H groups in total. The van der Waals surface area contributed by atoms with Gasteiger partial charge in [0, 0.05) is 5.41 Å². The summed E-state index contributed by atoms with van der Waals surface area (Å²) >= 11 is 0. The maximum atomic E-state index is 10.2. The fraction of sp³-hybridized carbons (Fsp3) is 0.478. The lowest BCUT2D eigenvalue weighted by molar-refractivity contribution is 0.243. The molecule has 1 fully saturated rings. The number of hydrogen-bond donors (Lipinski definition) is 2. The summed E-state index contributed by atoms with van der Waals surface area (Å²) in [5.41, 5.74) is 6.33. The highest BCUT2D eigenvalue weighted by Gasteiger charge is 2.42. The monoisotopic (exact) mass is 338 g/mol. The molecule has 2 aromatic carbocycles. The number of hydrogen-bond acceptors (Lipinski definition) is 2. The van der Waals surface area contributed by atoms with Gasteiger partial charge in [0.2, 0.25) is 0 Å². The zero-order valence-electron chi connectivity index (χ0n) is 16.1. The molecule has 0 bridgehead atoms. The van der Waals surface area contributed by atoms with Crippen LogP contribution in [0.2, 0.25) is 0 Å². The van der Waals surface area contributed by atoms with Gasteiger partial charge in [-0.05, 0) is 79.8 Å². The maximum Gasteiger partial charge on any atom is 0.121 e. The van der Waals surface area contributed by atoms with E-state index >= 15 is 0 Å². The highest BCUT2D eigenvalue weighted by Crippen LogP contribution is 2.50. The molecule has 2 nitrogen and oxygen atoms in total. The van der Waals surface area contributed by atoms with Gasteiger partial charge >= 0.3 is 0 Å². The molecule has 0 aliphatic heterocycles. The van der Waals surface area contributed by atoms with Crippen molar-refractivity contribution in [2.45, 2.75) is 65.7 Å². The van der Waals surface area contributed by atoms with E-state index < -0.39 is 0 Å². The van der Waals surface area contributed by atoms with Crippen LogP contribution >= 0.6 is 0 Å². The highest BCUT2D eigenvalue weighted by molar-refractivity contribution is 5.52. The van der Waals surface area contributed by atoms with Crippen molar-refractivity contribution in [3.05, 3.63) is 57.6 Å². The lowest BCUT2D eigenvalue weighted by Gasteiger charge is -2.44. The first-order valence-electron chi connectivity index (χ1n) is 9.38. The summed E-state index contributed by atoms with van der Waals surface area (Å²) in [7, 11) is 0. The summed E-state index contributed by atoms with van der Waals surface area (Å²) in [6.07, 6.45) is 4.80. The van der Waals surface area contributed by atoms with Gasteiger partial charge in [-0.1, -0.05) is 44.0 Å². The van der Waals surface area contributed by atoms with E-state index in [1.54, 1.807) is 0 Å². The first-order valence-corrected chi connectivity index (χ1v) is 9.38. The Morgan fingerprint density at radius 2 is 1.16 bits per heavy atom. The average Bonchev–Trinajstić information content (AvgIpc) is 2.57. The van der Waals surface area contributed by atoms with Crippen LogP contribution in [0.4, 0.5) is 0 Å². The van der Waals surface area contributed by atoms with Crippen molar-refractivity contribution < 1.29 is 10.2 Å². The van der Waals surface area contributed by atoms with Gasteiger partial charge in [-0.3, -0.25) is 0 Å². The topological polar surface area (TPSA) is 40.5 Å². The molecule has 134 valence electrons. The molecule has 1 saturated carbocycles. The van der Waals surface area contributed by atoms with Gasteiger partial charge < -0.3 is 10.2 Å². The van der Waals surface area contributed by atoms with Crippen LogP contribution in [0.15, 0.2) is 24.3 Å². The van der Waals surface area contributed by atoms with Gasteiger partial charge in [0.15, 0.2) is 0 Å². The Morgan fingerprint density at radius 1 is 0.760 bits per heavy atom. The Bertz CT molecular complexity index is 700. The van der Waals surface area contributed by atoms with E-state index in [0.717, 1.165) is 28.7 Å². The van der Waals surface area contributed by atoms with Gasteiger partial charge in [-0.2, -0.15) is 0 Å². The third-order valence-electron chi connectivity index (χ3n) is 6.31. The second-order valence-corrected chi connectivity index (χ2v) is 8.04. The van der Waals surface area contributed by atoms with Gasteiger partial charge in [0.25, 0.3) is 0 Å². The van der Waals surface area contributed by atoms with Crippen molar-refractivity contribution in [1.29, 1.82) is 0 Å². The minimum absolute atomic E-state index is 0.0509. The van der Waals surface area contributed by atoms with Crippen LogP contribution in [0.1, 0.15) is 66.0 Å². The summed E-state index contributed by atoms with van der Waals surface area (Å²) in [5.74, 6) is 1.33. The van der Waals surface area contributed by atoms with Crippen LogP contribution in [0.5, 0.6) is 11.5 Å². The van der Waals surface area contributed by atoms with Crippen LogP contribution < -0.4 is 0 Å². The lowest BCUT2D eigenvalue weighted by atomic mass is 9.59. The van der Waals surface area contributed by atoms with Crippen LogP contribution in [0.25, 0.3) is 0 Å². The number of benzene rings is 2. The standard InChI is InChI=1S/C23H30O2/c1-14-10-19(11-15(2)21(14)24)23(9-7-6-8-18(23)5)20-12-16(3)22(25)17(4)13-20/h10-13,18,24-25H,6-9H2,1-5H3. The molecule has 3 rings (SSSR count). The fourth-order valence-corrected chi connectivity index (χ4v) is 4.80. The van der Waals surface area contributed by atoms with Gasteiger partial charge in [-0.15, -0.1) is 0 Å². The Hall–Kier alpha value is -1.96. The van der Waals surface area contributed by atoms with E-state index in [2.05, 4.69) is 31.2 Å². The summed E-state index contributed by atoms with van der Waals surface area (Å²) in [5, 5.41) is 20.5. The molecule has 0 aromatic heterocycles. The van der Waals surface area contributed by atoms with E-state index in [1.165, 1.54) is 30.4 Å². The third kappa shape index (κ3) is 2.82. The zero-order chi connectivity index (χ0) is 18.4. The molecule has 1 aliphatic rings. The number of rotatable bonds is 2. The first kappa shape index (κ1) is 17.8. The normalized spacial score (nSPS) is 19.8. The number of aryl methyl sites for hydroxylation is 4. The van der Waals surface area contributed by atoms with Crippen molar-refractivity contribution in [3.8, 4) is 11.5 Å². The predicted molar refractivity (Wildman–Crippen MR) is 104 cm³/mol. The van der Waals surface area contributed by atoms with E-state index in [1.807, 2.05) is 27.7 Å². The molecule has 25 heavy (non-hydrogen) atoms. The maximum absolute atomic E-state index is 10.2. The predicted octanol–water partition coefficient (Wildman–Crippen LogP) is 5.83. The first-order chi connectivity index (χ1) is 11.8. The fourth-order valence-electron chi connectivity index (χ4n) is 4.80. The third-order valence-corrected chi connectivity index (χ3v) is 6.31. The Balaban J connectivity index is 2.29. The molecule has 1 aliphatic carbocycles. The molecule has 1 atom stereocenters. The highest BCUT2D eigenvalue weighted by atomic mass is 16.3. The minimum Gasteiger partial charge on any atom is -0.507 e. The molecule has 2 aromatic rings. The van der Waals surface area contributed by atoms with E-state index in [4.69, 9.17) is 0 Å². The molecule has 2 heteroatoms. The molecular weight excluding hydrogens is 308 g/mol. The smallest absolute Gasteiger partial charge is 0.121 e. The molecule has 0 heterocycles. The summed E-state index contributed by atoms with van der Waals surface area (Å²) in [6, 6.07) is 8.67. The number of phenolic OH excluding ortho intramolecular Hbond substituents is 2. The molecule has 0 amide bonds. The molecule has 0 spiro atoms. The van der Waals surface area contributed by atoms with Crippen molar-refractivity contribution in [1.82, 2.24) is 0 Å². The Labute approximate surface area is 151 Å². The molecule has 0 saturated heterocycles. The summed E-state index contributed by atoms with van der Waals surface area (Å²) < 4.78 is 0. The van der Waals surface area contributed by atoms with E-state index in [9.17, 15) is 10.2 Å². The average molecular weight is 338 g/mol. The van der Waals surface area contributed by atoms with Crippen molar-refractivity contribution in [2.24, 2.45) is 5.92 Å². The second-order valence-electron chi connectivity index (χ2n) is 8.04. The van der Waals surface area contributed by atoms with Crippen molar-refractivity contribution in [3.63, 3.8) is 0 Å². The number of phenols is 2. The quantitative estimate of drug-likeness (QED) is 0.723. The molecule has 0 radical (unpaired) electrons. The number of aromatic hydroxyl groups is 2. The lowest BCUT2D eigenvalue weighted by Crippen LogP contribution is -2.38. The Morgan fingerprint density at radius 3 is 1.52 bits per heavy atom. The van der Waals surface area contributed by atoms with E-state index in [-0.39, 0.29) is 5.41 Å². The van der Waals surface area contributed by atoms with Crippen LogP contribution in [-0.4, -0.2) is 10.2 Å². The van der Waals surface area contributed by atoms with Gasteiger partial charge in [0.05, 0.1) is 0 Å². The molecular formula is C23H30O2. The van der Waals surface area contributed by atoms with Crippen LogP contribution in [-0.2, 0) is 5.41 Å². The van der Waals surface area contributed by atoms with Crippen molar-refractivity contribution in [2.75, 3.05) is 0 Å². The Kier molecular flexibility index (Phi) is 4.57. The minimum atomic E-state index is -0.0509. The van der Waals surface area contributed by atoms with Gasteiger partial charge in [0.1, 0.15) is 11.5 Å². The summed E-state index contributed by atoms with van der Waals surface area (Å²) in [6.45, 7) is 10.3. The SMILES string of the molecule is Cc1cc(C2(c3cc(C)c(O)c(C)c3)CCCCC2C)cc(C)c1O.